The zero-order valence-electron chi connectivity index (χ0n) is 17.7. The third-order valence-electron chi connectivity index (χ3n) is 4.47. The van der Waals surface area contributed by atoms with Crippen LogP contribution in [0.15, 0.2) is 18.4 Å². The molecule has 1 aromatic carbocycles. The highest BCUT2D eigenvalue weighted by Crippen LogP contribution is 2.41. The first-order chi connectivity index (χ1) is 16.7. The summed E-state index contributed by atoms with van der Waals surface area (Å²) in [4.78, 5) is 61.5. The van der Waals surface area contributed by atoms with E-state index < -0.39 is 48.7 Å². The number of rotatable bonds is 10. The van der Waals surface area contributed by atoms with Crippen molar-refractivity contribution < 1.29 is 34.2 Å². The molecule has 1 aliphatic carbocycles. The molecule has 9 N–H and O–H groups in total. The Morgan fingerprint density at radius 2 is 1.36 bits per heavy atom. The lowest BCUT2D eigenvalue weighted by Crippen LogP contribution is -2.35. The number of carbonyl (C=O) groups excluding carboxylic acids is 5. The minimum absolute atomic E-state index is 0.00271. The highest BCUT2D eigenvalue weighted by molar-refractivity contribution is 14.1. The number of halogens is 5. The Morgan fingerprint density at radius 3 is 1.86 bits per heavy atom. The van der Waals surface area contributed by atoms with Crippen molar-refractivity contribution >= 4 is 148 Å². The molecule has 1 unspecified atom stereocenters. The SMILES string of the molecule is NC(=O)C1=C(I)C(NC(=O)CC(=O)Nc2c(I)c(C(N)=O)c(I)c(C(=O)NCC(O)CO)c2I)=C1I. The summed E-state index contributed by atoms with van der Waals surface area (Å²) in [5.74, 6) is -3.52. The van der Waals surface area contributed by atoms with Crippen molar-refractivity contribution in [1.82, 2.24) is 10.6 Å². The predicted molar refractivity (Wildman–Crippen MR) is 171 cm³/mol. The number of nitrogens with one attached hydrogen (secondary N) is 3. The molecule has 0 spiro atoms. The van der Waals surface area contributed by atoms with Gasteiger partial charge in [0.1, 0.15) is 6.42 Å². The van der Waals surface area contributed by atoms with Gasteiger partial charge in [-0.2, -0.15) is 0 Å². The maximum absolute atomic E-state index is 12.8. The van der Waals surface area contributed by atoms with Gasteiger partial charge in [-0.1, -0.05) is 0 Å². The van der Waals surface area contributed by atoms with Gasteiger partial charge in [-0.25, -0.2) is 0 Å². The smallest absolute Gasteiger partial charge is 0.253 e. The number of hydrogen-bond donors (Lipinski definition) is 7. The fraction of sp³-hybridized carbons (Fsp3) is 0.211. The Kier molecular flexibility index (Phi) is 12.0. The number of primary amides is 2. The fourth-order valence-corrected chi connectivity index (χ4v) is 10.1. The van der Waals surface area contributed by atoms with Crippen LogP contribution in [0.4, 0.5) is 5.69 Å². The van der Waals surface area contributed by atoms with Gasteiger partial charge in [-0.05, 0) is 113 Å². The first kappa shape index (κ1) is 31.8. The van der Waals surface area contributed by atoms with Crippen molar-refractivity contribution in [3.63, 3.8) is 0 Å². The van der Waals surface area contributed by atoms with E-state index in [0.29, 0.717) is 18.4 Å². The number of aliphatic hydroxyl groups excluding tert-OH is 2. The molecule has 12 nitrogen and oxygen atoms in total. The number of aliphatic hydroxyl groups is 2. The highest BCUT2D eigenvalue weighted by atomic mass is 127. The number of nitrogens with two attached hydrogens (primary N) is 2. The first-order valence-electron chi connectivity index (χ1n) is 9.49. The van der Waals surface area contributed by atoms with E-state index in [-0.39, 0.29) is 34.1 Å². The van der Waals surface area contributed by atoms with Gasteiger partial charge in [0.05, 0.1) is 55.1 Å². The van der Waals surface area contributed by atoms with Crippen molar-refractivity contribution in [1.29, 1.82) is 0 Å². The predicted octanol–water partition coefficient (Wildman–Crippen LogP) is 0.962. The standard InChI is InChI=1S/C19H16I5N5O7/c20-10-7(17(25)34)11(21)16(14(24)9(10)19(36)27-2-4(31)3-30)29-6(33)1-5(32)28-15-12(22)8(13(15)23)18(26)35/h4,30-31H,1-3H2,(H2,25,34)(H2,26,35)(H,27,36)(H,28,32)(H,29,33). The van der Waals surface area contributed by atoms with E-state index in [0.717, 1.165) is 0 Å². The average molecular weight is 1060 g/mol. The van der Waals surface area contributed by atoms with Gasteiger partial charge >= 0.3 is 0 Å². The molecule has 0 saturated heterocycles. The molecule has 1 aromatic rings. The zero-order chi connectivity index (χ0) is 27.5. The summed E-state index contributed by atoms with van der Waals surface area (Å²) in [6.07, 6.45) is -1.79. The van der Waals surface area contributed by atoms with Gasteiger partial charge in [0.2, 0.25) is 11.8 Å². The monoisotopic (exact) mass is 1060 g/mol. The van der Waals surface area contributed by atoms with E-state index >= 15 is 0 Å². The quantitative estimate of drug-likeness (QED) is 0.133. The summed E-state index contributed by atoms with van der Waals surface area (Å²) >= 11 is 9.15. The van der Waals surface area contributed by atoms with E-state index in [1.807, 2.05) is 90.4 Å². The van der Waals surface area contributed by atoms with Crippen molar-refractivity contribution in [2.75, 3.05) is 18.5 Å². The number of hydrogen-bond acceptors (Lipinski definition) is 7. The maximum Gasteiger partial charge on any atom is 0.253 e. The van der Waals surface area contributed by atoms with Gasteiger partial charge in [0.15, 0.2) is 0 Å². The lowest BCUT2D eigenvalue weighted by atomic mass is 10.0. The third kappa shape index (κ3) is 7.17. The van der Waals surface area contributed by atoms with E-state index in [1.54, 1.807) is 22.6 Å². The lowest BCUT2D eigenvalue weighted by molar-refractivity contribution is -0.126. The summed E-state index contributed by atoms with van der Waals surface area (Å²) in [7, 11) is 0. The van der Waals surface area contributed by atoms with Crippen LogP contribution in [0.25, 0.3) is 0 Å². The molecule has 2 rings (SSSR count). The highest BCUT2D eigenvalue weighted by Gasteiger charge is 2.32. The maximum atomic E-state index is 12.8. The minimum Gasteiger partial charge on any atom is -0.394 e. The van der Waals surface area contributed by atoms with Crippen LogP contribution < -0.4 is 27.4 Å². The van der Waals surface area contributed by atoms with Crippen molar-refractivity contribution in [2.45, 2.75) is 12.5 Å². The second-order valence-electron chi connectivity index (χ2n) is 6.99. The molecule has 0 aliphatic heterocycles. The molecule has 1 atom stereocenters. The Labute approximate surface area is 272 Å². The second-order valence-corrected chi connectivity index (χ2v) is 12.4. The van der Waals surface area contributed by atoms with Crippen LogP contribution in [-0.4, -0.2) is 59.0 Å². The van der Waals surface area contributed by atoms with Crippen LogP contribution in [0.1, 0.15) is 27.1 Å². The third-order valence-corrected chi connectivity index (χ3v) is 9.87. The summed E-state index contributed by atoms with van der Waals surface area (Å²) < 4.78 is 1.74. The number of benzene rings is 1. The molecule has 0 aromatic heterocycles. The van der Waals surface area contributed by atoms with Crippen molar-refractivity contribution in [2.24, 2.45) is 11.5 Å². The van der Waals surface area contributed by atoms with E-state index in [1.165, 1.54) is 0 Å². The molecule has 17 heteroatoms. The van der Waals surface area contributed by atoms with Crippen LogP contribution in [0.2, 0.25) is 0 Å². The van der Waals surface area contributed by atoms with Gasteiger partial charge in [0, 0.05) is 10.1 Å². The molecular formula is C19H16I5N5O7. The Morgan fingerprint density at radius 1 is 0.806 bits per heavy atom. The van der Waals surface area contributed by atoms with Crippen molar-refractivity contribution in [3.8, 4) is 0 Å². The van der Waals surface area contributed by atoms with Crippen LogP contribution in [0, 0.1) is 10.7 Å². The number of anilines is 1. The molecule has 5 amide bonds. The average Bonchev–Trinajstić information content (AvgIpc) is 2.78. The van der Waals surface area contributed by atoms with Crippen molar-refractivity contribution in [3.05, 3.63) is 40.3 Å². The van der Waals surface area contributed by atoms with Crippen LogP contribution in [0.3, 0.4) is 0 Å². The molecule has 0 bridgehead atoms. The van der Waals surface area contributed by atoms with E-state index in [9.17, 15) is 29.1 Å². The molecule has 36 heavy (non-hydrogen) atoms. The molecule has 0 saturated carbocycles. The summed E-state index contributed by atoms with van der Waals surface area (Å²) in [5, 5.41) is 26.1. The summed E-state index contributed by atoms with van der Waals surface area (Å²) in [6, 6.07) is 0. The van der Waals surface area contributed by atoms with E-state index in [4.69, 9.17) is 16.6 Å². The topological polar surface area (TPSA) is 214 Å². The zero-order valence-corrected chi connectivity index (χ0v) is 28.5. The number of amides is 5. The Balaban J connectivity index is 2.29. The minimum atomic E-state index is -1.19. The largest absolute Gasteiger partial charge is 0.394 e. The van der Waals surface area contributed by atoms with E-state index in [2.05, 4.69) is 16.0 Å². The molecule has 0 heterocycles. The Hall–Kier alpha value is -0.380. The summed E-state index contributed by atoms with van der Waals surface area (Å²) in [6.45, 7) is -0.813. The Bertz CT molecular complexity index is 1250. The van der Waals surface area contributed by atoms with Gasteiger partial charge < -0.3 is 37.6 Å². The van der Waals surface area contributed by atoms with Crippen LogP contribution in [0.5, 0.6) is 0 Å². The van der Waals surface area contributed by atoms with Gasteiger partial charge in [0.25, 0.3) is 17.7 Å². The summed E-state index contributed by atoms with van der Waals surface area (Å²) in [5.41, 5.74) is 11.6. The van der Waals surface area contributed by atoms with Crippen LogP contribution in [-0.2, 0) is 14.4 Å². The number of carbonyl (C=O) groups is 5. The molecular weight excluding hydrogens is 1040 g/mol. The second kappa shape index (κ2) is 13.6. The molecule has 0 radical (unpaired) electrons. The van der Waals surface area contributed by atoms with Crippen LogP contribution >= 0.6 is 113 Å². The normalized spacial score (nSPS) is 13.6. The number of allylic oxidation sites excluding steroid dienone is 1. The fourth-order valence-electron chi connectivity index (χ4n) is 2.77. The van der Waals surface area contributed by atoms with Gasteiger partial charge in [-0.15, -0.1) is 0 Å². The molecule has 194 valence electrons. The molecule has 0 fully saturated rings. The molecule has 1 aliphatic rings. The lowest BCUT2D eigenvalue weighted by Gasteiger charge is -2.23. The first-order valence-corrected chi connectivity index (χ1v) is 14.9. The van der Waals surface area contributed by atoms with Gasteiger partial charge in [-0.3, -0.25) is 24.0 Å².